The van der Waals surface area contributed by atoms with E-state index in [-0.39, 0.29) is 18.2 Å². The smallest absolute Gasteiger partial charge is 0.224 e. The number of nitrogens with zero attached hydrogens (tertiary/aromatic N) is 4. The molecular formula is C30H35F2N5O3S2. The number of alkyl halides is 1. The molecule has 1 saturated heterocycles. The lowest BCUT2D eigenvalue weighted by atomic mass is 9.75. The summed E-state index contributed by atoms with van der Waals surface area (Å²) in [5.41, 5.74) is 2.99. The Hall–Kier alpha value is -3.11. The molecule has 12 heteroatoms. The molecule has 5 rings (SSSR count). The van der Waals surface area contributed by atoms with Crippen molar-refractivity contribution in [3.8, 4) is 27.1 Å². The molecule has 2 fully saturated rings. The highest BCUT2D eigenvalue weighted by Crippen LogP contribution is 2.47. The molecule has 42 heavy (non-hydrogen) atoms. The molecule has 3 heterocycles. The number of carbonyl (C=O) groups is 1. The number of benzene rings is 1. The molecule has 0 radical (unpaired) electrons. The summed E-state index contributed by atoms with van der Waals surface area (Å²) < 4.78 is 48.8. The standard InChI is InChI=1S/C30H35F2N5O3S2/c1-18(2)26(15-33)35-29(38)25-14-21(31)5-8-24(25)27-28(41-30(36-27)20-13-22(32)17-34-16-20)19-3-6-23(7-4-19)37-9-11-42(39,40)12-10-37/h3-4,6-7,13,16-18,21,24-26,39-40H,5,8-12,14H2,1-2H3,(H,35,38)/t21-,24+,25+,26+/m0/s1. The summed E-state index contributed by atoms with van der Waals surface area (Å²) in [4.78, 5) is 25.3. The number of anilines is 1. The van der Waals surface area contributed by atoms with E-state index in [0.717, 1.165) is 22.3 Å². The minimum atomic E-state index is -2.51. The zero-order valence-electron chi connectivity index (χ0n) is 23.5. The quantitative estimate of drug-likeness (QED) is 0.279. The predicted octanol–water partition coefficient (Wildman–Crippen LogP) is 6.47. The van der Waals surface area contributed by atoms with Crippen molar-refractivity contribution in [2.45, 2.75) is 51.2 Å². The Kier molecular flexibility index (Phi) is 9.13. The molecule has 2 aliphatic rings. The fraction of sp³-hybridized carbons (Fsp3) is 0.467. The lowest BCUT2D eigenvalue weighted by molar-refractivity contribution is -0.128. The van der Waals surface area contributed by atoms with Gasteiger partial charge >= 0.3 is 0 Å². The first-order valence-corrected chi connectivity index (χ1v) is 16.8. The van der Waals surface area contributed by atoms with E-state index in [1.165, 1.54) is 17.4 Å². The number of thiazole rings is 1. The van der Waals surface area contributed by atoms with Gasteiger partial charge in [-0.25, -0.2) is 13.8 Å². The monoisotopic (exact) mass is 615 g/mol. The summed E-state index contributed by atoms with van der Waals surface area (Å²) in [5.74, 6) is -1.38. The lowest BCUT2D eigenvalue weighted by Gasteiger charge is -2.41. The molecule has 0 unspecified atom stereocenters. The van der Waals surface area contributed by atoms with Crippen LogP contribution in [0.2, 0.25) is 0 Å². The van der Waals surface area contributed by atoms with Crippen LogP contribution >= 0.6 is 21.9 Å². The Morgan fingerprint density at radius 2 is 1.88 bits per heavy atom. The minimum Gasteiger partial charge on any atom is -0.368 e. The molecule has 0 spiro atoms. The summed E-state index contributed by atoms with van der Waals surface area (Å²) in [6.07, 6.45) is 2.28. The van der Waals surface area contributed by atoms with E-state index >= 15 is 0 Å². The van der Waals surface area contributed by atoms with Crippen LogP contribution in [-0.4, -0.2) is 61.8 Å². The molecule has 1 amide bonds. The molecule has 3 aromatic rings. The number of nitriles is 1. The topological polar surface area (TPSA) is 122 Å². The third kappa shape index (κ3) is 6.75. The average Bonchev–Trinajstić information content (AvgIpc) is 3.41. The Morgan fingerprint density at radius 3 is 2.52 bits per heavy atom. The van der Waals surface area contributed by atoms with Crippen molar-refractivity contribution in [1.29, 1.82) is 5.26 Å². The number of aromatic nitrogens is 2. The number of amides is 1. The van der Waals surface area contributed by atoms with Crippen LogP contribution in [0.1, 0.15) is 44.7 Å². The van der Waals surface area contributed by atoms with Gasteiger partial charge < -0.3 is 10.2 Å². The van der Waals surface area contributed by atoms with Crippen molar-refractivity contribution in [2.75, 3.05) is 29.5 Å². The van der Waals surface area contributed by atoms with E-state index in [0.29, 0.717) is 53.7 Å². The highest BCUT2D eigenvalue weighted by molar-refractivity contribution is 8.24. The van der Waals surface area contributed by atoms with Gasteiger partial charge in [-0.05, 0) is 48.9 Å². The van der Waals surface area contributed by atoms with Crippen molar-refractivity contribution in [3.63, 3.8) is 0 Å². The first-order chi connectivity index (χ1) is 20.0. The van der Waals surface area contributed by atoms with Crippen molar-refractivity contribution >= 4 is 33.5 Å². The highest BCUT2D eigenvalue weighted by atomic mass is 32.3. The average molecular weight is 616 g/mol. The molecule has 1 aliphatic heterocycles. The van der Waals surface area contributed by atoms with Crippen LogP contribution in [0.25, 0.3) is 21.0 Å². The second-order valence-electron chi connectivity index (χ2n) is 11.4. The van der Waals surface area contributed by atoms with Crippen molar-refractivity contribution in [3.05, 3.63) is 54.2 Å². The van der Waals surface area contributed by atoms with Crippen LogP contribution < -0.4 is 10.2 Å². The molecule has 1 aromatic carbocycles. The first-order valence-electron chi connectivity index (χ1n) is 14.1. The summed E-state index contributed by atoms with van der Waals surface area (Å²) in [6, 6.07) is 10.7. The minimum absolute atomic E-state index is 0.0354. The summed E-state index contributed by atoms with van der Waals surface area (Å²) >= 11 is 1.38. The molecule has 2 aromatic heterocycles. The molecule has 1 saturated carbocycles. The van der Waals surface area contributed by atoms with Gasteiger partial charge in [0.2, 0.25) is 5.91 Å². The Labute approximate surface area is 250 Å². The van der Waals surface area contributed by atoms with Gasteiger partial charge in [-0.2, -0.15) is 15.9 Å². The maximum Gasteiger partial charge on any atom is 0.224 e. The van der Waals surface area contributed by atoms with Crippen molar-refractivity contribution in [1.82, 2.24) is 15.3 Å². The van der Waals surface area contributed by atoms with E-state index in [1.807, 2.05) is 38.1 Å². The van der Waals surface area contributed by atoms with Gasteiger partial charge in [0.1, 0.15) is 23.0 Å². The maximum absolute atomic E-state index is 14.7. The fourth-order valence-corrected chi connectivity index (χ4v) is 7.95. The number of halogens is 2. The summed E-state index contributed by atoms with van der Waals surface area (Å²) in [7, 11) is -2.51. The molecule has 0 bridgehead atoms. The Bertz CT molecular complexity index is 1450. The third-order valence-corrected chi connectivity index (χ3v) is 10.9. The molecule has 1 aliphatic carbocycles. The Balaban J connectivity index is 1.51. The van der Waals surface area contributed by atoms with E-state index in [1.54, 1.807) is 6.20 Å². The van der Waals surface area contributed by atoms with Crippen LogP contribution in [0.5, 0.6) is 0 Å². The van der Waals surface area contributed by atoms with Crippen LogP contribution in [-0.2, 0) is 4.79 Å². The van der Waals surface area contributed by atoms with Gasteiger partial charge in [0.15, 0.2) is 0 Å². The van der Waals surface area contributed by atoms with E-state index in [2.05, 4.69) is 21.3 Å². The van der Waals surface area contributed by atoms with Gasteiger partial charge in [0.05, 0.1) is 34.3 Å². The highest BCUT2D eigenvalue weighted by Gasteiger charge is 2.40. The number of carbonyl (C=O) groups excluding carboxylic acids is 1. The van der Waals surface area contributed by atoms with Crippen LogP contribution in [0.15, 0.2) is 42.7 Å². The number of hydrogen-bond donors (Lipinski definition) is 3. The largest absolute Gasteiger partial charge is 0.368 e. The van der Waals surface area contributed by atoms with Crippen LogP contribution in [0.4, 0.5) is 14.5 Å². The fourth-order valence-electron chi connectivity index (χ4n) is 5.60. The van der Waals surface area contributed by atoms with Gasteiger partial charge in [0, 0.05) is 42.4 Å². The normalized spacial score (nSPS) is 23.7. The predicted molar refractivity (Wildman–Crippen MR) is 163 cm³/mol. The second kappa shape index (κ2) is 12.6. The van der Waals surface area contributed by atoms with E-state index < -0.39 is 40.5 Å². The lowest BCUT2D eigenvalue weighted by Crippen LogP contribution is -2.44. The van der Waals surface area contributed by atoms with Crippen LogP contribution in [0, 0.1) is 29.0 Å². The maximum atomic E-state index is 14.7. The number of hydrogen-bond acceptors (Lipinski definition) is 8. The number of pyridine rings is 1. The third-order valence-electron chi connectivity index (χ3n) is 8.05. The Morgan fingerprint density at radius 1 is 1.17 bits per heavy atom. The number of rotatable bonds is 7. The van der Waals surface area contributed by atoms with E-state index in [4.69, 9.17) is 4.98 Å². The zero-order valence-corrected chi connectivity index (χ0v) is 25.2. The van der Waals surface area contributed by atoms with Gasteiger partial charge in [0.25, 0.3) is 0 Å². The molecule has 4 atom stereocenters. The van der Waals surface area contributed by atoms with Gasteiger partial charge in [-0.3, -0.25) is 18.9 Å². The summed E-state index contributed by atoms with van der Waals surface area (Å²) in [5, 5.41) is 12.9. The van der Waals surface area contributed by atoms with Gasteiger partial charge in [-0.15, -0.1) is 11.3 Å². The molecule has 8 nitrogen and oxygen atoms in total. The van der Waals surface area contributed by atoms with Crippen molar-refractivity contribution < 1.29 is 22.7 Å². The molecule has 3 N–H and O–H groups in total. The van der Waals surface area contributed by atoms with E-state index in [9.17, 15) is 27.9 Å². The molecule has 224 valence electrons. The second-order valence-corrected chi connectivity index (χ2v) is 14.8. The first kappa shape index (κ1) is 30.4. The zero-order chi connectivity index (χ0) is 30.0. The van der Waals surface area contributed by atoms with Crippen molar-refractivity contribution in [2.24, 2.45) is 11.8 Å². The van der Waals surface area contributed by atoms with Crippen LogP contribution in [0.3, 0.4) is 0 Å². The van der Waals surface area contributed by atoms with Gasteiger partial charge in [-0.1, -0.05) is 26.0 Å². The summed E-state index contributed by atoms with van der Waals surface area (Å²) in [6.45, 7) is 4.79. The SMILES string of the molecule is CC(C)[C@@H](C#N)NC(=O)[C@@H]1C[C@@H](F)CC[C@H]1c1nc(-c2cncc(F)c2)sc1-c1ccc(N2CCS(O)(O)CC2)cc1. The number of nitrogens with one attached hydrogen (secondary N) is 1. The molecular weight excluding hydrogens is 580 g/mol.